The van der Waals surface area contributed by atoms with Gasteiger partial charge in [0.2, 0.25) is 0 Å². The molecular formula is C9H19NO3S. The Bertz CT molecular complexity index is 196. The summed E-state index contributed by atoms with van der Waals surface area (Å²) in [5.41, 5.74) is 0. The van der Waals surface area contributed by atoms with E-state index in [9.17, 15) is 9.00 Å². The predicted octanol–water partition coefficient (Wildman–Crippen LogP) is 0.296. The fourth-order valence-electron chi connectivity index (χ4n) is 1.03. The number of carbonyl (C=O) groups is 1. The molecule has 0 spiro atoms. The zero-order valence-corrected chi connectivity index (χ0v) is 9.86. The fourth-order valence-corrected chi connectivity index (χ4v) is 1.58. The summed E-state index contributed by atoms with van der Waals surface area (Å²) in [7, 11) is 0.660. The first-order valence-corrected chi connectivity index (χ1v) is 6.39. The molecule has 0 aromatic carbocycles. The number of methoxy groups -OCH3 is 1. The number of hydrogen-bond acceptors (Lipinski definition) is 4. The van der Waals surface area contributed by atoms with Gasteiger partial charge in [-0.2, -0.15) is 0 Å². The highest BCUT2D eigenvalue weighted by atomic mass is 32.2. The van der Waals surface area contributed by atoms with Gasteiger partial charge in [-0.25, -0.2) is 0 Å². The average Bonchev–Trinajstić information content (AvgIpc) is 2.12. The summed E-state index contributed by atoms with van der Waals surface area (Å²) in [6.45, 7) is 2.72. The van der Waals surface area contributed by atoms with Gasteiger partial charge in [0, 0.05) is 28.9 Å². The minimum Gasteiger partial charge on any atom is -0.469 e. The predicted molar refractivity (Wildman–Crippen MR) is 57.6 cm³/mol. The summed E-state index contributed by atoms with van der Waals surface area (Å²) in [4.78, 5) is 10.9. The Morgan fingerprint density at radius 3 is 2.71 bits per heavy atom. The van der Waals surface area contributed by atoms with Gasteiger partial charge >= 0.3 is 5.97 Å². The molecule has 2 unspecified atom stereocenters. The van der Waals surface area contributed by atoms with Gasteiger partial charge in [0.05, 0.1) is 13.5 Å². The van der Waals surface area contributed by atoms with Gasteiger partial charge in [0.1, 0.15) is 0 Å². The van der Waals surface area contributed by atoms with Crippen LogP contribution in [0, 0.1) is 0 Å². The van der Waals surface area contributed by atoms with E-state index in [4.69, 9.17) is 0 Å². The fraction of sp³-hybridized carbons (Fsp3) is 0.889. The van der Waals surface area contributed by atoms with Crippen LogP contribution < -0.4 is 5.32 Å². The largest absolute Gasteiger partial charge is 0.469 e. The van der Waals surface area contributed by atoms with Gasteiger partial charge < -0.3 is 10.1 Å². The molecule has 0 fully saturated rings. The topological polar surface area (TPSA) is 55.4 Å². The van der Waals surface area contributed by atoms with Gasteiger partial charge in [0.15, 0.2) is 0 Å². The third-order valence-corrected chi connectivity index (χ3v) is 2.67. The maximum Gasteiger partial charge on any atom is 0.307 e. The van der Waals surface area contributed by atoms with Gasteiger partial charge in [0.25, 0.3) is 0 Å². The Balaban J connectivity index is 3.39. The molecule has 0 aliphatic heterocycles. The first-order valence-electron chi connectivity index (χ1n) is 4.66. The maximum atomic E-state index is 10.9. The smallest absolute Gasteiger partial charge is 0.307 e. The van der Waals surface area contributed by atoms with E-state index in [1.165, 1.54) is 7.11 Å². The van der Waals surface area contributed by atoms with Crippen LogP contribution in [0.15, 0.2) is 0 Å². The summed E-state index contributed by atoms with van der Waals surface area (Å²) in [6, 6.07) is 0.118. The third-order valence-electron chi connectivity index (χ3n) is 1.80. The zero-order chi connectivity index (χ0) is 11.0. The molecule has 4 nitrogen and oxygen atoms in total. The van der Waals surface area contributed by atoms with Crippen LogP contribution >= 0.6 is 0 Å². The van der Waals surface area contributed by atoms with Crippen molar-refractivity contribution in [3.63, 3.8) is 0 Å². The SMILES string of the molecule is COC(=O)CC(C)NCCCS(C)=O. The van der Waals surface area contributed by atoms with Crippen molar-refractivity contribution in [1.82, 2.24) is 5.32 Å². The van der Waals surface area contributed by atoms with Crippen molar-refractivity contribution in [3.8, 4) is 0 Å². The van der Waals surface area contributed by atoms with Crippen LogP contribution in [0.2, 0.25) is 0 Å². The van der Waals surface area contributed by atoms with Gasteiger partial charge in [-0.3, -0.25) is 9.00 Å². The van der Waals surface area contributed by atoms with Crippen molar-refractivity contribution in [2.45, 2.75) is 25.8 Å². The van der Waals surface area contributed by atoms with E-state index >= 15 is 0 Å². The van der Waals surface area contributed by atoms with Crippen molar-refractivity contribution in [3.05, 3.63) is 0 Å². The second-order valence-corrected chi connectivity index (χ2v) is 4.82. The molecule has 5 heteroatoms. The van der Waals surface area contributed by atoms with Gasteiger partial charge in [-0.15, -0.1) is 0 Å². The van der Waals surface area contributed by atoms with Crippen molar-refractivity contribution in [2.24, 2.45) is 0 Å². The quantitative estimate of drug-likeness (QED) is 0.496. The number of nitrogens with one attached hydrogen (secondary N) is 1. The van der Waals surface area contributed by atoms with Gasteiger partial charge in [-0.05, 0) is 19.9 Å². The second kappa shape index (κ2) is 7.94. The molecule has 0 amide bonds. The zero-order valence-electron chi connectivity index (χ0n) is 9.04. The summed E-state index contributed by atoms with van der Waals surface area (Å²) >= 11 is 0. The van der Waals surface area contributed by atoms with E-state index in [0.29, 0.717) is 12.2 Å². The highest BCUT2D eigenvalue weighted by Crippen LogP contribution is 1.93. The highest BCUT2D eigenvalue weighted by molar-refractivity contribution is 7.84. The lowest BCUT2D eigenvalue weighted by molar-refractivity contribution is -0.141. The molecule has 0 aliphatic carbocycles. The number of hydrogen-bond donors (Lipinski definition) is 1. The van der Waals surface area contributed by atoms with Crippen molar-refractivity contribution >= 4 is 16.8 Å². The molecule has 0 aliphatic rings. The molecule has 0 saturated heterocycles. The van der Waals surface area contributed by atoms with Crippen molar-refractivity contribution < 1.29 is 13.7 Å². The molecule has 0 rings (SSSR count). The molecule has 2 atom stereocenters. The van der Waals surface area contributed by atoms with Crippen molar-refractivity contribution in [2.75, 3.05) is 25.7 Å². The van der Waals surface area contributed by atoms with E-state index in [2.05, 4.69) is 10.1 Å². The van der Waals surface area contributed by atoms with E-state index in [1.807, 2.05) is 6.92 Å². The minimum atomic E-state index is -0.724. The van der Waals surface area contributed by atoms with E-state index < -0.39 is 10.8 Å². The highest BCUT2D eigenvalue weighted by Gasteiger charge is 2.07. The molecule has 14 heavy (non-hydrogen) atoms. The molecule has 0 aromatic heterocycles. The first kappa shape index (κ1) is 13.6. The first-order chi connectivity index (χ1) is 6.56. The number of esters is 1. The molecule has 84 valence electrons. The Labute approximate surface area is 87.9 Å². The average molecular weight is 221 g/mol. The lowest BCUT2D eigenvalue weighted by Gasteiger charge is -2.11. The summed E-state index contributed by atoms with van der Waals surface area (Å²) in [6.07, 6.45) is 2.94. The second-order valence-electron chi connectivity index (χ2n) is 3.27. The lowest BCUT2D eigenvalue weighted by Crippen LogP contribution is -2.30. The summed E-state index contributed by atoms with van der Waals surface area (Å²) < 4.78 is 15.3. The van der Waals surface area contributed by atoms with Gasteiger partial charge in [-0.1, -0.05) is 0 Å². The molecule has 0 saturated carbocycles. The van der Waals surface area contributed by atoms with Crippen LogP contribution in [0.25, 0.3) is 0 Å². The summed E-state index contributed by atoms with van der Waals surface area (Å²) in [5.74, 6) is 0.502. The molecule has 0 heterocycles. The normalized spacial score (nSPS) is 14.8. The number of rotatable bonds is 7. The molecule has 0 radical (unpaired) electrons. The van der Waals surface area contributed by atoms with Crippen LogP contribution in [0.5, 0.6) is 0 Å². The van der Waals surface area contributed by atoms with Crippen LogP contribution in [-0.2, 0) is 20.3 Å². The Hall–Kier alpha value is -0.420. The monoisotopic (exact) mass is 221 g/mol. The Morgan fingerprint density at radius 2 is 2.21 bits per heavy atom. The van der Waals surface area contributed by atoms with E-state index in [0.717, 1.165) is 13.0 Å². The molecular weight excluding hydrogens is 202 g/mol. The van der Waals surface area contributed by atoms with Crippen LogP contribution in [0.4, 0.5) is 0 Å². The minimum absolute atomic E-state index is 0.118. The van der Waals surface area contributed by atoms with Crippen molar-refractivity contribution in [1.29, 1.82) is 0 Å². The van der Waals surface area contributed by atoms with E-state index in [1.54, 1.807) is 6.26 Å². The third kappa shape index (κ3) is 8.19. The Kier molecular flexibility index (Phi) is 7.70. The van der Waals surface area contributed by atoms with E-state index in [-0.39, 0.29) is 12.0 Å². The molecule has 0 aromatic rings. The molecule has 0 bridgehead atoms. The molecule has 1 N–H and O–H groups in total. The van der Waals surface area contributed by atoms with Crippen LogP contribution in [0.3, 0.4) is 0 Å². The maximum absolute atomic E-state index is 10.9. The standard InChI is InChI=1S/C9H19NO3S/c1-8(7-9(11)13-2)10-5-4-6-14(3)12/h8,10H,4-7H2,1-3H3. The van der Waals surface area contributed by atoms with Crippen LogP contribution in [0.1, 0.15) is 19.8 Å². The summed E-state index contributed by atoms with van der Waals surface area (Å²) in [5, 5.41) is 3.17. The number of ether oxygens (including phenoxy) is 1. The van der Waals surface area contributed by atoms with Crippen LogP contribution in [-0.4, -0.2) is 41.9 Å². The Morgan fingerprint density at radius 1 is 1.57 bits per heavy atom. The number of carbonyl (C=O) groups excluding carboxylic acids is 1. The lowest BCUT2D eigenvalue weighted by atomic mass is 10.2.